The Kier molecular flexibility index (Phi) is 11.2. The van der Waals surface area contributed by atoms with Crippen molar-refractivity contribution < 1.29 is 46.1 Å². The van der Waals surface area contributed by atoms with Crippen LogP contribution in [-0.2, 0) is 25.4 Å². The second-order valence-corrected chi connectivity index (χ2v) is 16.2. The number of amides is 4. The van der Waals surface area contributed by atoms with Gasteiger partial charge < -0.3 is 39.8 Å². The Labute approximate surface area is 383 Å². The fourth-order valence-corrected chi connectivity index (χ4v) is 8.79. The van der Waals surface area contributed by atoms with Crippen LogP contribution < -0.4 is 20.4 Å². The topological polar surface area (TPSA) is 193 Å². The average molecular weight is 934 g/mol. The Balaban J connectivity index is 0.960. The molecule has 1 fully saturated rings. The Morgan fingerprint density at radius 2 is 0.985 bits per heavy atom. The molecule has 2 aromatic heterocycles. The fourth-order valence-electron chi connectivity index (χ4n) is 8.79. The number of carbonyl (C=O) groups excluding carboxylic acids is 2. The van der Waals surface area contributed by atoms with Gasteiger partial charge >= 0.3 is 24.4 Å². The van der Waals surface area contributed by atoms with Gasteiger partial charge in [0.05, 0.1) is 80.4 Å². The number of alkyl halides is 6. The monoisotopic (exact) mass is 933 g/mol. The van der Waals surface area contributed by atoms with Crippen LogP contribution in [0, 0.1) is 28.1 Å². The van der Waals surface area contributed by atoms with Gasteiger partial charge in [0.25, 0.3) is 0 Å². The van der Waals surface area contributed by atoms with Gasteiger partial charge in [0.1, 0.15) is 0 Å². The molecule has 0 spiro atoms. The molecule has 0 bridgehead atoms. The van der Waals surface area contributed by atoms with E-state index in [2.05, 4.69) is 10.6 Å². The summed E-state index contributed by atoms with van der Waals surface area (Å²) < 4.78 is 85.6. The van der Waals surface area contributed by atoms with Crippen molar-refractivity contribution in [1.82, 2.24) is 29.6 Å². The standard InChI is InChI=1S/C47H37F6N11O4/c48-46(49,50)31-3-1-5-33(21-31)63-35-25-61(41(65)37(35)39(57-44(63)67)29-11-7-27(23-54)8-12-29)19-17-59-15-16-60(43(59)56)18-20-62-26-36-38(42(62)66)40(30-13-9-28(24-55)10-14-30)58-45(68)64(36)34-6-2-4-32(22-34)47(51,52)53/h1-14,21-22,25-26,39-40,56,65-66H,15-20H2,(H,57,67)(H,58,68)/t39-,40-/m1/s1. The van der Waals surface area contributed by atoms with E-state index in [0.29, 0.717) is 35.3 Å². The number of nitrogens with one attached hydrogen (secondary N) is 3. The number of anilines is 4. The maximum Gasteiger partial charge on any atom is 0.416 e. The Morgan fingerprint density at radius 1 is 0.603 bits per heavy atom. The maximum absolute atomic E-state index is 13.8. The summed E-state index contributed by atoms with van der Waals surface area (Å²) in [7, 11) is 0. The number of nitriles is 2. The molecule has 0 aliphatic carbocycles. The molecular weight excluding hydrogens is 897 g/mol. The molecule has 0 unspecified atom stereocenters. The van der Waals surface area contributed by atoms with Crippen LogP contribution in [0.15, 0.2) is 109 Å². The zero-order valence-electron chi connectivity index (χ0n) is 35.3. The van der Waals surface area contributed by atoms with E-state index in [4.69, 9.17) is 5.41 Å². The van der Waals surface area contributed by atoms with Crippen LogP contribution in [0.5, 0.6) is 11.8 Å². The number of hydrogen-bond acceptors (Lipinski definition) is 7. The third kappa shape index (κ3) is 8.08. The number of nitrogens with zero attached hydrogens (tertiary/aromatic N) is 8. The second kappa shape index (κ2) is 17.0. The first-order valence-electron chi connectivity index (χ1n) is 20.9. The number of urea groups is 2. The van der Waals surface area contributed by atoms with E-state index in [-0.39, 0.29) is 77.8 Å². The average Bonchev–Trinajstić information content (AvgIpc) is 3.96. The highest BCUT2D eigenvalue weighted by Crippen LogP contribution is 2.48. The fraction of sp³-hybridized carbons (Fsp3) is 0.213. The summed E-state index contributed by atoms with van der Waals surface area (Å²) in [4.78, 5) is 33.0. The number of halogens is 6. The predicted octanol–water partition coefficient (Wildman–Crippen LogP) is 8.64. The molecule has 1 saturated heterocycles. The molecule has 3 aliphatic rings. The third-order valence-electron chi connectivity index (χ3n) is 12.2. The normalized spacial score (nSPS) is 17.1. The number of rotatable bonds is 10. The van der Waals surface area contributed by atoms with Crippen molar-refractivity contribution in [1.29, 1.82) is 15.9 Å². The lowest BCUT2D eigenvalue weighted by molar-refractivity contribution is -0.138. The minimum atomic E-state index is -4.70. The van der Waals surface area contributed by atoms with Crippen LogP contribution in [-0.4, -0.2) is 73.3 Å². The van der Waals surface area contributed by atoms with Crippen molar-refractivity contribution >= 4 is 40.8 Å². The van der Waals surface area contributed by atoms with E-state index in [0.717, 1.165) is 34.1 Å². The minimum absolute atomic E-state index is 0.0635. The van der Waals surface area contributed by atoms with E-state index in [1.54, 1.807) is 34.1 Å². The molecule has 2 atom stereocenters. The van der Waals surface area contributed by atoms with Crippen molar-refractivity contribution in [2.75, 3.05) is 36.0 Å². The van der Waals surface area contributed by atoms with E-state index in [1.807, 2.05) is 12.1 Å². The van der Waals surface area contributed by atoms with Crippen molar-refractivity contribution in [3.05, 3.63) is 154 Å². The third-order valence-corrected chi connectivity index (χ3v) is 12.2. The number of carbonyl (C=O) groups is 2. The quantitative estimate of drug-likeness (QED) is 0.0843. The Bertz CT molecular complexity index is 2860. The number of aromatic hydroxyl groups is 2. The predicted molar refractivity (Wildman–Crippen MR) is 233 cm³/mol. The second-order valence-electron chi connectivity index (χ2n) is 16.2. The molecule has 0 saturated carbocycles. The maximum atomic E-state index is 13.8. The summed E-state index contributed by atoms with van der Waals surface area (Å²) in [5, 5.41) is 56.8. The molecule has 5 heterocycles. The van der Waals surface area contributed by atoms with Crippen LogP contribution in [0.3, 0.4) is 0 Å². The van der Waals surface area contributed by atoms with E-state index in [9.17, 15) is 56.7 Å². The largest absolute Gasteiger partial charge is 0.494 e. The lowest BCUT2D eigenvalue weighted by Crippen LogP contribution is -2.44. The molecule has 21 heteroatoms. The van der Waals surface area contributed by atoms with Crippen molar-refractivity contribution in [2.45, 2.75) is 37.5 Å². The highest BCUT2D eigenvalue weighted by atomic mass is 19.4. The molecule has 346 valence electrons. The van der Waals surface area contributed by atoms with Crippen molar-refractivity contribution in [2.24, 2.45) is 0 Å². The van der Waals surface area contributed by atoms with E-state index < -0.39 is 47.6 Å². The van der Waals surface area contributed by atoms with Gasteiger partial charge in [0.2, 0.25) is 0 Å². The molecule has 68 heavy (non-hydrogen) atoms. The summed E-state index contributed by atoms with van der Waals surface area (Å²) in [6, 6.07) is 21.6. The van der Waals surface area contributed by atoms with Gasteiger partial charge in [-0.2, -0.15) is 36.9 Å². The van der Waals surface area contributed by atoms with Gasteiger partial charge in [0, 0.05) is 51.7 Å². The summed E-state index contributed by atoms with van der Waals surface area (Å²) in [6.07, 6.45) is -6.49. The van der Waals surface area contributed by atoms with Crippen molar-refractivity contribution in [3.63, 3.8) is 0 Å². The van der Waals surface area contributed by atoms with Gasteiger partial charge in [-0.05, 0) is 71.8 Å². The first kappa shape index (κ1) is 44.6. The molecule has 0 radical (unpaired) electrons. The number of guanidine groups is 1. The summed E-state index contributed by atoms with van der Waals surface area (Å²) >= 11 is 0. The van der Waals surface area contributed by atoms with Crippen molar-refractivity contribution in [3.8, 4) is 23.9 Å². The highest BCUT2D eigenvalue weighted by molar-refractivity contribution is 6.04. The molecule has 4 amide bonds. The first-order chi connectivity index (χ1) is 32.4. The molecule has 6 aromatic rings. The van der Waals surface area contributed by atoms with Crippen LogP contribution in [0.25, 0.3) is 0 Å². The number of aromatic nitrogens is 2. The molecule has 3 aliphatic heterocycles. The number of benzene rings is 4. The van der Waals surface area contributed by atoms with E-state index >= 15 is 0 Å². The van der Waals surface area contributed by atoms with Crippen LogP contribution in [0.4, 0.5) is 58.7 Å². The molecular formula is C47H37F6N11O4. The summed E-state index contributed by atoms with van der Waals surface area (Å²) in [6.45, 7) is 1.18. The lowest BCUT2D eigenvalue weighted by atomic mass is 9.96. The zero-order chi connectivity index (χ0) is 48.2. The highest BCUT2D eigenvalue weighted by Gasteiger charge is 2.41. The van der Waals surface area contributed by atoms with Crippen LogP contribution in [0.2, 0.25) is 0 Å². The van der Waals surface area contributed by atoms with Gasteiger partial charge in [-0.3, -0.25) is 15.2 Å². The van der Waals surface area contributed by atoms with Crippen LogP contribution in [0.1, 0.15) is 56.6 Å². The zero-order valence-corrected chi connectivity index (χ0v) is 35.3. The number of hydrogen-bond donors (Lipinski definition) is 5. The summed E-state index contributed by atoms with van der Waals surface area (Å²) in [5.74, 6) is -0.478. The molecule has 15 nitrogen and oxygen atoms in total. The van der Waals surface area contributed by atoms with Gasteiger partial charge in [-0.15, -0.1) is 0 Å². The SMILES string of the molecule is N#Cc1ccc([C@H]2NC(=O)N(c3cccc(C(F)(F)F)c3)c3cn(CCN4CCN(CCn5cc6c(c5O)[C@@H](c5ccc(C#N)cc5)NC(=O)N6c5cccc(C(F)(F)F)c5)C4=N)c(O)c32)cc1. The Morgan fingerprint density at radius 3 is 1.34 bits per heavy atom. The molecule has 5 N–H and O–H groups in total. The number of fused-ring (bicyclic) bond motifs is 2. The lowest BCUT2D eigenvalue weighted by Gasteiger charge is -2.33. The van der Waals surface area contributed by atoms with E-state index in [1.165, 1.54) is 70.1 Å². The summed E-state index contributed by atoms with van der Waals surface area (Å²) in [5.41, 5.74) is 0.159. The molecule has 9 rings (SSSR count). The minimum Gasteiger partial charge on any atom is -0.494 e. The van der Waals surface area contributed by atoms with Crippen LogP contribution >= 0.6 is 0 Å². The molecule has 4 aromatic carbocycles. The van der Waals surface area contributed by atoms with Gasteiger partial charge in [-0.25, -0.2) is 9.59 Å². The first-order valence-corrected chi connectivity index (χ1v) is 20.9. The Hall–Kier alpha value is -8.59. The van der Waals surface area contributed by atoms with Gasteiger partial charge in [0.15, 0.2) is 17.7 Å². The smallest absolute Gasteiger partial charge is 0.416 e. The van der Waals surface area contributed by atoms with Gasteiger partial charge in [-0.1, -0.05) is 36.4 Å².